The Morgan fingerprint density at radius 2 is 2.00 bits per heavy atom. The van der Waals surface area contributed by atoms with E-state index < -0.39 is 5.91 Å². The highest BCUT2D eigenvalue weighted by molar-refractivity contribution is 6.32. The summed E-state index contributed by atoms with van der Waals surface area (Å²) in [7, 11) is 0. The fourth-order valence-corrected chi connectivity index (χ4v) is 2.85. The summed E-state index contributed by atoms with van der Waals surface area (Å²) in [4.78, 5) is 16.5. The van der Waals surface area contributed by atoms with Crippen molar-refractivity contribution in [2.24, 2.45) is 0 Å². The molecule has 8 nitrogen and oxygen atoms in total. The lowest BCUT2D eigenvalue weighted by atomic mass is 10.2. The van der Waals surface area contributed by atoms with Crippen LogP contribution in [-0.4, -0.2) is 31.0 Å². The zero-order chi connectivity index (χ0) is 19.5. The number of rotatable bonds is 5. The molecule has 0 fully saturated rings. The largest absolute Gasteiger partial charge is 0.342 e. The van der Waals surface area contributed by atoms with Crippen LogP contribution >= 0.6 is 23.2 Å². The van der Waals surface area contributed by atoms with E-state index in [0.717, 1.165) is 5.56 Å². The van der Waals surface area contributed by atoms with Gasteiger partial charge in [0.15, 0.2) is 5.69 Å². The van der Waals surface area contributed by atoms with Gasteiger partial charge in [0.1, 0.15) is 0 Å². The first kappa shape index (κ1) is 18.1. The first-order valence-corrected chi connectivity index (χ1v) is 8.90. The lowest BCUT2D eigenvalue weighted by Gasteiger charge is -2.01. The number of hydrogen-bond acceptors (Lipinski definition) is 6. The van der Waals surface area contributed by atoms with E-state index in [1.54, 1.807) is 36.4 Å². The number of hydrogen-bond donors (Lipinski definition) is 1. The molecule has 2 aromatic carbocycles. The summed E-state index contributed by atoms with van der Waals surface area (Å²) in [5.74, 6) is 0.207. The Kier molecular flexibility index (Phi) is 5.05. The van der Waals surface area contributed by atoms with Gasteiger partial charge in [-0.05, 0) is 24.3 Å². The van der Waals surface area contributed by atoms with Crippen molar-refractivity contribution in [3.8, 4) is 17.1 Å². The molecule has 0 saturated heterocycles. The topological polar surface area (TPSA) is 98.7 Å². The summed E-state index contributed by atoms with van der Waals surface area (Å²) in [6, 6.07) is 14.2. The zero-order valence-corrected chi connectivity index (χ0v) is 15.7. The molecule has 0 aliphatic carbocycles. The second kappa shape index (κ2) is 7.79. The number of carbonyl (C=O) groups excluding carboxylic acids is 1. The molecular weight excluding hydrogens is 403 g/mol. The van der Waals surface area contributed by atoms with E-state index >= 15 is 0 Å². The second-order valence-electron chi connectivity index (χ2n) is 5.70. The summed E-state index contributed by atoms with van der Waals surface area (Å²) < 4.78 is 6.59. The van der Waals surface area contributed by atoms with E-state index in [4.69, 9.17) is 27.7 Å². The van der Waals surface area contributed by atoms with Gasteiger partial charge in [0.2, 0.25) is 11.7 Å². The van der Waals surface area contributed by atoms with Crippen molar-refractivity contribution >= 4 is 29.1 Å². The Morgan fingerprint density at radius 3 is 2.82 bits per heavy atom. The van der Waals surface area contributed by atoms with Gasteiger partial charge in [-0.2, -0.15) is 4.98 Å². The van der Waals surface area contributed by atoms with Crippen molar-refractivity contribution in [3.05, 3.63) is 76.4 Å². The SMILES string of the molecule is O=C(NCc1nc(-c2cccc(Cl)c2)no1)c1cn(-c2ccccc2Cl)nn1. The summed E-state index contributed by atoms with van der Waals surface area (Å²) in [5.41, 5.74) is 1.48. The number of nitrogens with one attached hydrogen (secondary N) is 1. The average Bonchev–Trinajstić information content (AvgIpc) is 3.36. The molecule has 0 saturated carbocycles. The predicted molar refractivity (Wildman–Crippen MR) is 102 cm³/mol. The summed E-state index contributed by atoms with van der Waals surface area (Å²) >= 11 is 12.1. The van der Waals surface area contributed by atoms with Gasteiger partial charge in [-0.3, -0.25) is 4.79 Å². The van der Waals surface area contributed by atoms with Gasteiger partial charge >= 0.3 is 0 Å². The van der Waals surface area contributed by atoms with Crippen LogP contribution in [0, 0.1) is 0 Å². The van der Waals surface area contributed by atoms with Crippen LogP contribution in [-0.2, 0) is 6.54 Å². The minimum absolute atomic E-state index is 0.0470. The molecule has 4 aromatic rings. The predicted octanol–water partition coefficient (Wildman–Crippen LogP) is 3.55. The molecule has 0 radical (unpaired) electrons. The van der Waals surface area contributed by atoms with Crippen LogP contribution in [0.2, 0.25) is 10.0 Å². The Labute approximate surface area is 169 Å². The number of para-hydroxylation sites is 1. The molecule has 1 N–H and O–H groups in total. The van der Waals surface area contributed by atoms with Crippen molar-refractivity contribution in [1.29, 1.82) is 0 Å². The number of benzene rings is 2. The number of amides is 1. The molecule has 0 aliphatic rings. The molecule has 0 aliphatic heterocycles. The van der Waals surface area contributed by atoms with Crippen molar-refractivity contribution in [1.82, 2.24) is 30.5 Å². The zero-order valence-electron chi connectivity index (χ0n) is 14.2. The van der Waals surface area contributed by atoms with Crippen LogP contribution in [0.15, 0.2) is 59.3 Å². The molecular formula is C18H12Cl2N6O2. The van der Waals surface area contributed by atoms with Gasteiger partial charge in [0.25, 0.3) is 5.91 Å². The van der Waals surface area contributed by atoms with Crippen molar-refractivity contribution in [2.45, 2.75) is 6.54 Å². The first-order valence-electron chi connectivity index (χ1n) is 8.14. The Balaban J connectivity index is 1.42. The van der Waals surface area contributed by atoms with Crippen LogP contribution in [0.4, 0.5) is 0 Å². The molecule has 4 rings (SSSR count). The fourth-order valence-electron chi connectivity index (χ4n) is 2.44. The molecule has 1 amide bonds. The minimum atomic E-state index is -0.430. The Morgan fingerprint density at radius 1 is 1.14 bits per heavy atom. The van der Waals surface area contributed by atoms with Crippen LogP contribution in [0.25, 0.3) is 17.1 Å². The highest BCUT2D eigenvalue weighted by Gasteiger charge is 2.15. The quantitative estimate of drug-likeness (QED) is 0.535. The van der Waals surface area contributed by atoms with E-state index in [9.17, 15) is 4.79 Å². The second-order valence-corrected chi connectivity index (χ2v) is 6.55. The molecule has 140 valence electrons. The highest BCUT2D eigenvalue weighted by Crippen LogP contribution is 2.20. The maximum atomic E-state index is 12.3. The van der Waals surface area contributed by atoms with E-state index in [-0.39, 0.29) is 18.1 Å². The maximum Gasteiger partial charge on any atom is 0.273 e. The van der Waals surface area contributed by atoms with Crippen LogP contribution in [0.3, 0.4) is 0 Å². The van der Waals surface area contributed by atoms with Crippen LogP contribution in [0.5, 0.6) is 0 Å². The van der Waals surface area contributed by atoms with Gasteiger partial charge in [-0.25, -0.2) is 4.68 Å². The molecule has 0 unspecified atom stereocenters. The highest BCUT2D eigenvalue weighted by atomic mass is 35.5. The molecule has 0 atom stereocenters. The van der Waals surface area contributed by atoms with E-state index in [1.807, 2.05) is 12.1 Å². The number of carbonyl (C=O) groups is 1. The third kappa shape index (κ3) is 3.88. The van der Waals surface area contributed by atoms with E-state index in [0.29, 0.717) is 21.6 Å². The normalized spacial score (nSPS) is 10.8. The van der Waals surface area contributed by atoms with Gasteiger partial charge < -0.3 is 9.84 Å². The summed E-state index contributed by atoms with van der Waals surface area (Å²) in [6.45, 7) is 0.0470. The summed E-state index contributed by atoms with van der Waals surface area (Å²) in [5, 5.41) is 15.4. The van der Waals surface area contributed by atoms with Crippen molar-refractivity contribution in [2.75, 3.05) is 0 Å². The average molecular weight is 415 g/mol. The van der Waals surface area contributed by atoms with Crippen LogP contribution in [0.1, 0.15) is 16.4 Å². The third-order valence-electron chi connectivity index (χ3n) is 3.78. The number of aromatic nitrogens is 5. The van der Waals surface area contributed by atoms with Gasteiger partial charge in [-0.1, -0.05) is 57.8 Å². The summed E-state index contributed by atoms with van der Waals surface area (Å²) in [6.07, 6.45) is 1.49. The molecule has 10 heteroatoms. The lowest BCUT2D eigenvalue weighted by molar-refractivity contribution is 0.0941. The molecule has 28 heavy (non-hydrogen) atoms. The van der Waals surface area contributed by atoms with Gasteiger partial charge in [-0.15, -0.1) is 5.10 Å². The molecule has 2 heterocycles. The molecule has 2 aromatic heterocycles. The smallest absolute Gasteiger partial charge is 0.273 e. The van der Waals surface area contributed by atoms with Gasteiger partial charge in [0, 0.05) is 10.6 Å². The van der Waals surface area contributed by atoms with E-state index in [2.05, 4.69) is 25.8 Å². The molecule has 0 spiro atoms. The Bertz CT molecular complexity index is 1140. The monoisotopic (exact) mass is 414 g/mol. The van der Waals surface area contributed by atoms with E-state index in [1.165, 1.54) is 10.9 Å². The number of nitrogens with zero attached hydrogens (tertiary/aromatic N) is 5. The fraction of sp³-hybridized carbons (Fsp3) is 0.0556. The van der Waals surface area contributed by atoms with Gasteiger partial charge in [0.05, 0.1) is 23.5 Å². The van der Waals surface area contributed by atoms with Crippen LogP contribution < -0.4 is 5.32 Å². The maximum absolute atomic E-state index is 12.3. The van der Waals surface area contributed by atoms with Crippen molar-refractivity contribution in [3.63, 3.8) is 0 Å². The lowest BCUT2D eigenvalue weighted by Crippen LogP contribution is -2.23. The number of halogens is 2. The first-order chi connectivity index (χ1) is 13.6. The van der Waals surface area contributed by atoms with Crippen molar-refractivity contribution < 1.29 is 9.32 Å². The molecule has 0 bridgehead atoms. The standard InChI is InChI=1S/C18H12Cl2N6O2/c19-12-5-3-4-11(8-12)17-22-16(28-24-17)9-21-18(27)14-10-26(25-23-14)15-7-2-1-6-13(15)20/h1-8,10H,9H2,(H,21,27). The third-order valence-corrected chi connectivity index (χ3v) is 4.33. The Hall–Kier alpha value is -3.23. The minimum Gasteiger partial charge on any atom is -0.342 e.